The predicted octanol–water partition coefficient (Wildman–Crippen LogP) is 4.47. The minimum atomic E-state index is 0.758. The average Bonchev–Trinajstić information content (AvgIpc) is 2.58. The summed E-state index contributed by atoms with van der Waals surface area (Å²) in [7, 11) is 0. The van der Waals surface area contributed by atoms with Crippen LogP contribution in [0.15, 0.2) is 21.1 Å². The molecule has 1 aromatic carbocycles. The molecule has 0 saturated carbocycles. The second kappa shape index (κ2) is 5.45. The van der Waals surface area contributed by atoms with Crippen molar-refractivity contribution in [2.24, 2.45) is 0 Å². The first-order valence-electron chi connectivity index (χ1n) is 5.69. The van der Waals surface area contributed by atoms with Crippen LogP contribution in [-0.4, -0.2) is 10.2 Å². The van der Waals surface area contributed by atoms with Gasteiger partial charge in [0.05, 0.1) is 11.4 Å². The highest BCUT2D eigenvalue weighted by atomic mass is 79.9. The SMILES string of the molecule is Cc1cc(Br)c(NCc2c(C)n[nH]c2C)c(Br)c1. The van der Waals surface area contributed by atoms with Crippen LogP contribution in [0, 0.1) is 20.8 Å². The highest BCUT2D eigenvalue weighted by Crippen LogP contribution is 2.32. The number of hydrogen-bond donors (Lipinski definition) is 2. The fourth-order valence-electron chi connectivity index (χ4n) is 1.88. The van der Waals surface area contributed by atoms with Crippen LogP contribution in [-0.2, 0) is 6.54 Å². The van der Waals surface area contributed by atoms with E-state index >= 15 is 0 Å². The fourth-order valence-corrected chi connectivity index (χ4v) is 3.58. The number of aromatic amines is 1. The Hall–Kier alpha value is -0.810. The Balaban J connectivity index is 2.21. The zero-order valence-corrected chi connectivity index (χ0v) is 13.7. The molecule has 5 heteroatoms. The number of anilines is 1. The van der Waals surface area contributed by atoms with Crippen LogP contribution in [0.25, 0.3) is 0 Å². The summed E-state index contributed by atoms with van der Waals surface area (Å²) in [6.07, 6.45) is 0. The maximum Gasteiger partial charge on any atom is 0.0643 e. The zero-order chi connectivity index (χ0) is 13.3. The van der Waals surface area contributed by atoms with Gasteiger partial charge in [-0.25, -0.2) is 0 Å². The van der Waals surface area contributed by atoms with Crippen molar-refractivity contribution in [1.29, 1.82) is 0 Å². The molecule has 0 atom stereocenters. The molecular formula is C13H15Br2N3. The van der Waals surface area contributed by atoms with Gasteiger partial charge in [0.25, 0.3) is 0 Å². The summed E-state index contributed by atoms with van der Waals surface area (Å²) in [6, 6.07) is 4.20. The number of hydrogen-bond acceptors (Lipinski definition) is 2. The minimum Gasteiger partial charge on any atom is -0.379 e. The molecule has 0 saturated heterocycles. The number of halogens is 2. The first kappa shape index (κ1) is 13.6. The molecule has 0 radical (unpaired) electrons. The smallest absolute Gasteiger partial charge is 0.0643 e. The van der Waals surface area contributed by atoms with Gasteiger partial charge in [0.2, 0.25) is 0 Å². The summed E-state index contributed by atoms with van der Waals surface area (Å²) in [6.45, 7) is 6.88. The van der Waals surface area contributed by atoms with Gasteiger partial charge < -0.3 is 5.32 Å². The number of H-pyrrole nitrogens is 1. The monoisotopic (exact) mass is 371 g/mol. The molecule has 1 aromatic heterocycles. The molecule has 18 heavy (non-hydrogen) atoms. The van der Waals surface area contributed by atoms with Crippen LogP contribution in [0.2, 0.25) is 0 Å². The van der Waals surface area contributed by atoms with Gasteiger partial charge >= 0.3 is 0 Å². The van der Waals surface area contributed by atoms with E-state index in [2.05, 4.69) is 66.4 Å². The number of benzene rings is 1. The van der Waals surface area contributed by atoms with Gasteiger partial charge in [0.1, 0.15) is 0 Å². The van der Waals surface area contributed by atoms with E-state index in [0.717, 1.165) is 32.6 Å². The Bertz CT molecular complexity index is 533. The van der Waals surface area contributed by atoms with Crippen LogP contribution in [0.5, 0.6) is 0 Å². The molecule has 0 aliphatic rings. The molecule has 2 rings (SSSR count). The van der Waals surface area contributed by atoms with Crippen LogP contribution >= 0.6 is 31.9 Å². The van der Waals surface area contributed by atoms with Gasteiger partial charge in [-0.1, -0.05) is 0 Å². The molecule has 1 heterocycles. The molecule has 0 aliphatic heterocycles. The highest BCUT2D eigenvalue weighted by molar-refractivity contribution is 9.11. The van der Waals surface area contributed by atoms with E-state index in [-0.39, 0.29) is 0 Å². The summed E-state index contributed by atoms with van der Waals surface area (Å²) in [4.78, 5) is 0. The third-order valence-electron chi connectivity index (χ3n) is 2.91. The van der Waals surface area contributed by atoms with Crippen LogP contribution in [0.3, 0.4) is 0 Å². The Kier molecular flexibility index (Phi) is 4.12. The van der Waals surface area contributed by atoms with Crippen molar-refractivity contribution in [2.75, 3.05) is 5.32 Å². The van der Waals surface area contributed by atoms with E-state index in [4.69, 9.17) is 0 Å². The van der Waals surface area contributed by atoms with Gasteiger partial charge in [0.15, 0.2) is 0 Å². The lowest BCUT2D eigenvalue weighted by atomic mass is 10.2. The largest absolute Gasteiger partial charge is 0.379 e. The lowest BCUT2D eigenvalue weighted by Crippen LogP contribution is -2.03. The van der Waals surface area contributed by atoms with Gasteiger partial charge in [-0.2, -0.15) is 5.10 Å². The second-order valence-corrected chi connectivity index (χ2v) is 6.08. The first-order valence-corrected chi connectivity index (χ1v) is 7.27. The van der Waals surface area contributed by atoms with Gasteiger partial charge in [0, 0.05) is 26.7 Å². The van der Waals surface area contributed by atoms with Crippen molar-refractivity contribution in [1.82, 2.24) is 10.2 Å². The molecule has 0 bridgehead atoms. The fraction of sp³-hybridized carbons (Fsp3) is 0.308. The van der Waals surface area contributed by atoms with Crippen molar-refractivity contribution < 1.29 is 0 Å². The summed E-state index contributed by atoms with van der Waals surface area (Å²) >= 11 is 7.17. The van der Waals surface area contributed by atoms with Crippen LogP contribution < -0.4 is 5.32 Å². The third-order valence-corrected chi connectivity index (χ3v) is 4.16. The normalized spacial score (nSPS) is 10.7. The average molecular weight is 373 g/mol. The van der Waals surface area contributed by atoms with Gasteiger partial charge in [-0.15, -0.1) is 0 Å². The Labute approximate surface area is 124 Å². The molecule has 0 spiro atoms. The minimum absolute atomic E-state index is 0.758. The van der Waals surface area contributed by atoms with E-state index < -0.39 is 0 Å². The van der Waals surface area contributed by atoms with Crippen molar-refractivity contribution in [2.45, 2.75) is 27.3 Å². The summed E-state index contributed by atoms with van der Waals surface area (Å²) in [5.41, 5.74) is 5.66. The van der Waals surface area contributed by atoms with Crippen LogP contribution in [0.1, 0.15) is 22.5 Å². The Morgan fingerprint density at radius 3 is 2.28 bits per heavy atom. The van der Waals surface area contributed by atoms with E-state index in [1.54, 1.807) is 0 Å². The van der Waals surface area contributed by atoms with E-state index in [1.807, 2.05) is 13.8 Å². The number of aryl methyl sites for hydroxylation is 3. The first-order chi connectivity index (χ1) is 8.49. The molecule has 3 nitrogen and oxygen atoms in total. The molecule has 96 valence electrons. The Morgan fingerprint density at radius 2 is 1.78 bits per heavy atom. The van der Waals surface area contributed by atoms with Gasteiger partial charge in [-0.3, -0.25) is 5.10 Å². The quantitative estimate of drug-likeness (QED) is 0.834. The maximum absolute atomic E-state index is 4.20. The van der Waals surface area contributed by atoms with E-state index in [1.165, 1.54) is 11.1 Å². The standard InChI is InChI=1S/C13H15Br2N3/c1-7-4-11(14)13(12(15)5-7)16-6-10-8(2)17-18-9(10)3/h4-5,16H,6H2,1-3H3,(H,17,18). The molecule has 2 aromatic rings. The van der Waals surface area contributed by atoms with Gasteiger partial charge in [-0.05, 0) is 70.3 Å². The lowest BCUT2D eigenvalue weighted by molar-refractivity contribution is 1.02. The third kappa shape index (κ3) is 2.78. The summed E-state index contributed by atoms with van der Waals surface area (Å²) in [5.74, 6) is 0. The molecule has 0 unspecified atom stereocenters. The van der Waals surface area contributed by atoms with E-state index in [9.17, 15) is 0 Å². The van der Waals surface area contributed by atoms with Crippen molar-refractivity contribution in [3.63, 3.8) is 0 Å². The molecule has 2 N–H and O–H groups in total. The summed E-state index contributed by atoms with van der Waals surface area (Å²) in [5, 5.41) is 10.6. The maximum atomic E-state index is 4.20. The number of nitrogens with zero attached hydrogens (tertiary/aromatic N) is 1. The number of nitrogens with one attached hydrogen (secondary N) is 2. The summed E-state index contributed by atoms with van der Waals surface area (Å²) < 4.78 is 2.13. The van der Waals surface area contributed by atoms with Crippen molar-refractivity contribution in [3.8, 4) is 0 Å². The molecule has 0 fully saturated rings. The Morgan fingerprint density at radius 1 is 1.17 bits per heavy atom. The van der Waals surface area contributed by atoms with Crippen molar-refractivity contribution >= 4 is 37.5 Å². The predicted molar refractivity (Wildman–Crippen MR) is 82.0 cm³/mol. The topological polar surface area (TPSA) is 40.7 Å². The molecule has 0 amide bonds. The molecular weight excluding hydrogens is 358 g/mol. The van der Waals surface area contributed by atoms with Crippen LogP contribution in [0.4, 0.5) is 5.69 Å². The second-order valence-electron chi connectivity index (χ2n) is 4.37. The zero-order valence-electron chi connectivity index (χ0n) is 10.6. The number of rotatable bonds is 3. The van der Waals surface area contributed by atoms with Crippen molar-refractivity contribution in [3.05, 3.63) is 43.6 Å². The molecule has 0 aliphatic carbocycles. The highest BCUT2D eigenvalue weighted by Gasteiger charge is 2.09. The van der Waals surface area contributed by atoms with E-state index in [0.29, 0.717) is 0 Å². The lowest BCUT2D eigenvalue weighted by Gasteiger charge is -2.12. The number of aromatic nitrogens is 2.